The zero-order valence-electron chi connectivity index (χ0n) is 11.0. The van der Waals surface area contributed by atoms with Gasteiger partial charge in [0.2, 0.25) is 0 Å². The van der Waals surface area contributed by atoms with Crippen molar-refractivity contribution < 1.29 is 4.74 Å². The molecule has 2 rings (SSSR count). The van der Waals surface area contributed by atoms with E-state index in [1.54, 1.807) is 0 Å². The van der Waals surface area contributed by atoms with Crippen LogP contribution in [-0.4, -0.2) is 6.10 Å². The summed E-state index contributed by atoms with van der Waals surface area (Å²) in [6, 6.07) is 6.25. The van der Waals surface area contributed by atoms with Gasteiger partial charge in [0.1, 0.15) is 5.75 Å². The molecule has 100 valence electrons. The normalized spacial score (nSPS) is 28.1. The molecular weight excluding hydrogens is 356 g/mol. The third kappa shape index (κ3) is 3.74. The Hall–Kier alpha value is -0.0200. The molecule has 1 aromatic carbocycles. The summed E-state index contributed by atoms with van der Waals surface area (Å²) < 4.78 is 7.33. The van der Waals surface area contributed by atoms with E-state index in [0.717, 1.165) is 27.4 Å². The fourth-order valence-corrected chi connectivity index (χ4v) is 3.76. The van der Waals surface area contributed by atoms with Gasteiger partial charge >= 0.3 is 0 Å². The van der Waals surface area contributed by atoms with Crippen LogP contribution in [0.15, 0.2) is 22.7 Å². The summed E-state index contributed by atoms with van der Waals surface area (Å²) in [5.41, 5.74) is 1.22. The third-order valence-corrected chi connectivity index (χ3v) is 4.69. The monoisotopic (exact) mass is 374 g/mol. The Balaban J connectivity index is 2.08. The Morgan fingerprint density at radius 3 is 2.44 bits per heavy atom. The van der Waals surface area contributed by atoms with Gasteiger partial charge in [0.05, 0.1) is 6.10 Å². The highest BCUT2D eigenvalue weighted by molar-refractivity contribution is 9.10. The summed E-state index contributed by atoms with van der Waals surface area (Å²) in [5, 5.41) is 0.833. The van der Waals surface area contributed by atoms with Crippen molar-refractivity contribution >= 4 is 31.9 Å². The lowest BCUT2D eigenvalue weighted by molar-refractivity contribution is 0.100. The highest BCUT2D eigenvalue weighted by atomic mass is 79.9. The van der Waals surface area contributed by atoms with E-state index in [1.165, 1.54) is 24.8 Å². The molecule has 1 fully saturated rings. The van der Waals surface area contributed by atoms with E-state index < -0.39 is 0 Å². The molecule has 2 atom stereocenters. The smallest absolute Gasteiger partial charge is 0.123 e. The summed E-state index contributed by atoms with van der Waals surface area (Å²) in [6.45, 7) is 4.66. The summed E-state index contributed by atoms with van der Waals surface area (Å²) in [6.07, 6.45) is 4.08. The van der Waals surface area contributed by atoms with Crippen molar-refractivity contribution in [3.05, 3.63) is 28.2 Å². The van der Waals surface area contributed by atoms with Crippen molar-refractivity contribution in [2.45, 2.75) is 44.5 Å². The molecule has 0 heterocycles. The predicted molar refractivity (Wildman–Crippen MR) is 83.4 cm³/mol. The molecule has 1 aromatic rings. The Labute approximate surface area is 127 Å². The van der Waals surface area contributed by atoms with Crippen LogP contribution in [-0.2, 0) is 5.33 Å². The van der Waals surface area contributed by atoms with E-state index >= 15 is 0 Å². The first-order chi connectivity index (χ1) is 8.58. The average Bonchev–Trinajstić information content (AvgIpc) is 2.30. The van der Waals surface area contributed by atoms with E-state index in [2.05, 4.69) is 63.9 Å². The van der Waals surface area contributed by atoms with Crippen molar-refractivity contribution in [1.29, 1.82) is 0 Å². The number of ether oxygens (including phenoxy) is 1. The van der Waals surface area contributed by atoms with Crippen molar-refractivity contribution in [3.8, 4) is 5.75 Å². The van der Waals surface area contributed by atoms with Crippen LogP contribution >= 0.6 is 31.9 Å². The SMILES string of the molecule is CC1CC(C)CC(Oc2ccc(Br)cc2CBr)C1. The molecule has 2 unspecified atom stereocenters. The zero-order valence-corrected chi connectivity index (χ0v) is 14.1. The topological polar surface area (TPSA) is 9.23 Å². The van der Waals surface area contributed by atoms with Crippen LogP contribution in [0.3, 0.4) is 0 Å². The molecule has 1 saturated carbocycles. The lowest BCUT2D eigenvalue weighted by Crippen LogP contribution is -2.28. The van der Waals surface area contributed by atoms with Crippen LogP contribution in [0.5, 0.6) is 5.75 Å². The minimum absolute atomic E-state index is 0.378. The van der Waals surface area contributed by atoms with Gasteiger partial charge in [-0.1, -0.05) is 45.7 Å². The fourth-order valence-electron chi connectivity index (χ4n) is 2.92. The number of alkyl halides is 1. The highest BCUT2D eigenvalue weighted by Crippen LogP contribution is 2.33. The maximum atomic E-state index is 6.22. The van der Waals surface area contributed by atoms with Gasteiger partial charge in [0.15, 0.2) is 0 Å². The molecule has 0 radical (unpaired) electrons. The quantitative estimate of drug-likeness (QED) is 0.629. The molecule has 0 spiro atoms. The second-order valence-electron chi connectivity index (χ2n) is 5.54. The summed E-state index contributed by atoms with van der Waals surface area (Å²) in [4.78, 5) is 0. The van der Waals surface area contributed by atoms with Crippen molar-refractivity contribution in [3.63, 3.8) is 0 Å². The van der Waals surface area contributed by atoms with Crippen molar-refractivity contribution in [2.24, 2.45) is 11.8 Å². The zero-order chi connectivity index (χ0) is 13.1. The van der Waals surface area contributed by atoms with Crippen LogP contribution in [0.2, 0.25) is 0 Å². The second-order valence-corrected chi connectivity index (χ2v) is 7.02. The van der Waals surface area contributed by atoms with E-state index in [9.17, 15) is 0 Å². The highest BCUT2D eigenvalue weighted by Gasteiger charge is 2.25. The van der Waals surface area contributed by atoms with E-state index in [0.29, 0.717) is 6.10 Å². The summed E-state index contributed by atoms with van der Waals surface area (Å²) in [7, 11) is 0. The second kappa shape index (κ2) is 6.42. The number of hydrogen-bond donors (Lipinski definition) is 0. The molecule has 1 nitrogen and oxygen atoms in total. The molecule has 3 heteroatoms. The molecule has 18 heavy (non-hydrogen) atoms. The van der Waals surface area contributed by atoms with Crippen LogP contribution in [0.4, 0.5) is 0 Å². The molecule has 1 aliphatic carbocycles. The number of rotatable bonds is 3. The van der Waals surface area contributed by atoms with Crippen LogP contribution in [0, 0.1) is 11.8 Å². The number of hydrogen-bond acceptors (Lipinski definition) is 1. The van der Waals surface area contributed by atoms with Crippen LogP contribution in [0.25, 0.3) is 0 Å². The molecule has 0 bridgehead atoms. The molecule has 0 aliphatic heterocycles. The van der Waals surface area contributed by atoms with Gasteiger partial charge in [-0.05, 0) is 49.3 Å². The molecule has 0 N–H and O–H groups in total. The van der Waals surface area contributed by atoms with Crippen molar-refractivity contribution in [1.82, 2.24) is 0 Å². The van der Waals surface area contributed by atoms with Crippen LogP contribution in [0.1, 0.15) is 38.7 Å². The molecule has 0 amide bonds. The first-order valence-corrected chi connectivity index (χ1v) is 8.51. The Bertz CT molecular complexity index is 395. The van der Waals surface area contributed by atoms with Crippen LogP contribution < -0.4 is 4.74 Å². The standard InChI is InChI=1S/C15H20Br2O/c1-10-5-11(2)7-14(6-10)18-15-4-3-13(17)8-12(15)9-16/h3-4,8,10-11,14H,5-7,9H2,1-2H3. The summed E-state index contributed by atoms with van der Waals surface area (Å²) >= 11 is 7.04. The van der Waals surface area contributed by atoms with Gasteiger partial charge in [-0.2, -0.15) is 0 Å². The summed E-state index contributed by atoms with van der Waals surface area (Å²) in [5.74, 6) is 2.59. The van der Waals surface area contributed by atoms with Gasteiger partial charge in [-0.15, -0.1) is 0 Å². The largest absolute Gasteiger partial charge is 0.490 e. The van der Waals surface area contributed by atoms with E-state index in [4.69, 9.17) is 4.74 Å². The third-order valence-electron chi connectivity index (χ3n) is 3.60. The predicted octanol–water partition coefficient (Wildman–Crippen LogP) is 5.55. The number of benzene rings is 1. The minimum Gasteiger partial charge on any atom is -0.490 e. The van der Waals surface area contributed by atoms with Gasteiger partial charge in [0.25, 0.3) is 0 Å². The lowest BCUT2D eigenvalue weighted by Gasteiger charge is -2.32. The Morgan fingerprint density at radius 2 is 1.83 bits per heavy atom. The minimum atomic E-state index is 0.378. The molecule has 0 aromatic heterocycles. The maximum absolute atomic E-state index is 6.22. The number of halogens is 2. The molecular formula is C15H20Br2O. The Morgan fingerprint density at radius 1 is 1.17 bits per heavy atom. The first-order valence-electron chi connectivity index (χ1n) is 6.59. The van der Waals surface area contributed by atoms with E-state index in [1.807, 2.05) is 0 Å². The van der Waals surface area contributed by atoms with Gasteiger partial charge in [-0.3, -0.25) is 0 Å². The first kappa shape index (κ1) is 14.4. The van der Waals surface area contributed by atoms with Gasteiger partial charge in [0, 0.05) is 15.4 Å². The van der Waals surface area contributed by atoms with Gasteiger partial charge in [-0.25, -0.2) is 0 Å². The van der Waals surface area contributed by atoms with E-state index in [-0.39, 0.29) is 0 Å². The lowest BCUT2D eigenvalue weighted by atomic mass is 9.82. The van der Waals surface area contributed by atoms with Gasteiger partial charge < -0.3 is 4.74 Å². The maximum Gasteiger partial charge on any atom is 0.123 e. The fraction of sp³-hybridized carbons (Fsp3) is 0.600. The van der Waals surface area contributed by atoms with Crippen molar-refractivity contribution in [2.75, 3.05) is 0 Å². The Kier molecular flexibility index (Phi) is 5.14. The average molecular weight is 376 g/mol. The molecule has 0 saturated heterocycles. The molecule has 1 aliphatic rings.